The third kappa shape index (κ3) is 2.36. The SMILES string of the molecule is CCCn1nnnc1CN1C(=O)c2cc(Cl)c(Cl)cc2C1=O. The summed E-state index contributed by atoms with van der Waals surface area (Å²) in [6.07, 6.45) is 0.839. The van der Waals surface area contributed by atoms with E-state index < -0.39 is 11.8 Å². The van der Waals surface area contributed by atoms with Crippen LogP contribution >= 0.6 is 23.2 Å². The third-order valence-electron chi connectivity index (χ3n) is 3.35. The lowest BCUT2D eigenvalue weighted by Gasteiger charge is -2.12. The van der Waals surface area contributed by atoms with Crippen molar-refractivity contribution in [3.05, 3.63) is 39.1 Å². The number of hydrogen-bond donors (Lipinski definition) is 0. The Hall–Kier alpha value is -1.99. The van der Waals surface area contributed by atoms with Gasteiger partial charge in [-0.1, -0.05) is 30.1 Å². The van der Waals surface area contributed by atoms with Crippen LogP contribution in [0.3, 0.4) is 0 Å². The van der Waals surface area contributed by atoms with Gasteiger partial charge >= 0.3 is 0 Å². The van der Waals surface area contributed by atoms with Gasteiger partial charge in [0.25, 0.3) is 11.8 Å². The summed E-state index contributed by atoms with van der Waals surface area (Å²) in [5.74, 6) is -0.400. The fraction of sp³-hybridized carbons (Fsp3) is 0.308. The van der Waals surface area contributed by atoms with Crippen molar-refractivity contribution in [3.8, 4) is 0 Å². The molecule has 114 valence electrons. The summed E-state index contributed by atoms with van der Waals surface area (Å²) < 4.78 is 1.57. The van der Waals surface area contributed by atoms with E-state index in [9.17, 15) is 9.59 Å². The Kier molecular flexibility index (Phi) is 3.84. The number of aryl methyl sites for hydroxylation is 1. The molecule has 22 heavy (non-hydrogen) atoms. The minimum absolute atomic E-state index is 0.00852. The minimum atomic E-state index is -0.426. The lowest BCUT2D eigenvalue weighted by Crippen LogP contribution is -2.30. The molecule has 2 amide bonds. The van der Waals surface area contributed by atoms with E-state index in [0.29, 0.717) is 12.4 Å². The molecule has 0 fully saturated rings. The van der Waals surface area contributed by atoms with E-state index in [1.807, 2.05) is 6.92 Å². The number of fused-ring (bicyclic) bond motifs is 1. The van der Waals surface area contributed by atoms with Gasteiger partial charge < -0.3 is 0 Å². The molecule has 7 nitrogen and oxygen atoms in total. The van der Waals surface area contributed by atoms with Gasteiger partial charge in [-0.05, 0) is 29.0 Å². The van der Waals surface area contributed by atoms with Gasteiger partial charge in [-0.25, -0.2) is 4.68 Å². The molecule has 0 N–H and O–H groups in total. The van der Waals surface area contributed by atoms with Crippen molar-refractivity contribution in [2.75, 3.05) is 0 Å². The maximum atomic E-state index is 12.4. The second-order valence-electron chi connectivity index (χ2n) is 4.83. The molecule has 1 aromatic carbocycles. The highest BCUT2D eigenvalue weighted by Crippen LogP contribution is 2.31. The van der Waals surface area contributed by atoms with E-state index in [-0.39, 0.29) is 27.7 Å². The molecule has 3 rings (SSSR count). The zero-order valence-corrected chi connectivity index (χ0v) is 13.1. The number of aromatic nitrogens is 4. The Morgan fingerprint density at radius 1 is 1.09 bits per heavy atom. The van der Waals surface area contributed by atoms with E-state index in [1.165, 1.54) is 12.1 Å². The quantitative estimate of drug-likeness (QED) is 0.797. The van der Waals surface area contributed by atoms with Crippen LogP contribution in [0.5, 0.6) is 0 Å². The van der Waals surface area contributed by atoms with Crippen molar-refractivity contribution >= 4 is 35.0 Å². The normalized spacial score (nSPS) is 13.9. The molecule has 0 spiro atoms. The number of hydrogen-bond acceptors (Lipinski definition) is 5. The standard InChI is InChI=1S/C13H11Cl2N5O2/c1-2-3-20-11(16-17-18-20)6-19-12(21)7-4-9(14)10(15)5-8(7)13(19)22/h4-5H,2-3,6H2,1H3. The fourth-order valence-electron chi connectivity index (χ4n) is 2.29. The molecule has 0 aliphatic carbocycles. The molecule has 1 aliphatic heterocycles. The number of carbonyl (C=O) groups is 2. The summed E-state index contributed by atoms with van der Waals surface area (Å²) in [5, 5.41) is 11.8. The first-order chi connectivity index (χ1) is 10.5. The van der Waals surface area contributed by atoms with Crippen LogP contribution in [0.2, 0.25) is 10.0 Å². The van der Waals surface area contributed by atoms with E-state index >= 15 is 0 Å². The first-order valence-electron chi connectivity index (χ1n) is 6.63. The van der Waals surface area contributed by atoms with Crippen LogP contribution in [-0.2, 0) is 13.1 Å². The highest BCUT2D eigenvalue weighted by Gasteiger charge is 2.37. The zero-order valence-electron chi connectivity index (χ0n) is 11.6. The van der Waals surface area contributed by atoms with Crippen molar-refractivity contribution in [1.29, 1.82) is 0 Å². The number of benzene rings is 1. The molecule has 1 aromatic heterocycles. The van der Waals surface area contributed by atoms with Crippen LogP contribution < -0.4 is 0 Å². The van der Waals surface area contributed by atoms with Gasteiger partial charge in [0.15, 0.2) is 5.82 Å². The first kappa shape index (κ1) is 14.9. The lowest BCUT2D eigenvalue weighted by atomic mass is 10.1. The molecule has 1 aliphatic rings. The van der Waals surface area contributed by atoms with Gasteiger partial charge in [0.05, 0.1) is 27.7 Å². The van der Waals surface area contributed by atoms with Crippen LogP contribution in [0.1, 0.15) is 39.9 Å². The summed E-state index contributed by atoms with van der Waals surface area (Å²) in [5.41, 5.74) is 0.489. The second-order valence-corrected chi connectivity index (χ2v) is 5.64. The van der Waals surface area contributed by atoms with E-state index in [0.717, 1.165) is 11.3 Å². The molecule has 0 saturated carbocycles. The molecule has 0 bridgehead atoms. The van der Waals surface area contributed by atoms with Crippen LogP contribution in [0.15, 0.2) is 12.1 Å². The summed E-state index contributed by atoms with van der Waals surface area (Å²) >= 11 is 11.8. The van der Waals surface area contributed by atoms with Gasteiger partial charge in [-0.2, -0.15) is 0 Å². The van der Waals surface area contributed by atoms with Gasteiger partial charge in [0.2, 0.25) is 0 Å². The van der Waals surface area contributed by atoms with Crippen LogP contribution in [0, 0.1) is 0 Å². The Morgan fingerprint density at radius 2 is 1.68 bits per heavy atom. The molecule has 0 atom stereocenters. The van der Waals surface area contributed by atoms with Crippen LogP contribution in [0.4, 0.5) is 0 Å². The monoisotopic (exact) mass is 339 g/mol. The average molecular weight is 340 g/mol. The molecule has 9 heteroatoms. The highest BCUT2D eigenvalue weighted by atomic mass is 35.5. The zero-order chi connectivity index (χ0) is 15.9. The number of rotatable bonds is 4. The smallest absolute Gasteiger partial charge is 0.262 e. The van der Waals surface area contributed by atoms with E-state index in [1.54, 1.807) is 4.68 Å². The Bertz CT molecular complexity index is 733. The molecular formula is C13H11Cl2N5O2. The molecule has 2 heterocycles. The number of halogens is 2. The number of tetrazole rings is 1. The molecular weight excluding hydrogens is 329 g/mol. The van der Waals surface area contributed by atoms with Gasteiger partial charge in [-0.3, -0.25) is 14.5 Å². The van der Waals surface area contributed by atoms with Crippen molar-refractivity contribution in [3.63, 3.8) is 0 Å². The Morgan fingerprint density at radius 3 is 2.23 bits per heavy atom. The number of nitrogens with zero attached hydrogens (tertiary/aromatic N) is 5. The molecule has 0 unspecified atom stereocenters. The summed E-state index contributed by atoms with van der Waals surface area (Å²) in [4.78, 5) is 25.9. The Balaban J connectivity index is 1.92. The van der Waals surface area contributed by atoms with Crippen molar-refractivity contribution < 1.29 is 9.59 Å². The number of carbonyl (C=O) groups excluding carboxylic acids is 2. The van der Waals surface area contributed by atoms with Gasteiger partial charge in [0, 0.05) is 6.54 Å². The number of imide groups is 1. The summed E-state index contributed by atoms with van der Waals surface area (Å²) in [6, 6.07) is 2.82. The predicted molar refractivity (Wildman–Crippen MR) is 78.8 cm³/mol. The summed E-state index contributed by atoms with van der Waals surface area (Å²) in [6.45, 7) is 2.61. The molecule has 2 aromatic rings. The molecule has 0 radical (unpaired) electrons. The van der Waals surface area contributed by atoms with E-state index in [4.69, 9.17) is 23.2 Å². The largest absolute Gasteiger partial charge is 0.269 e. The minimum Gasteiger partial charge on any atom is -0.269 e. The average Bonchev–Trinajstić information content (AvgIpc) is 3.01. The maximum absolute atomic E-state index is 12.4. The van der Waals surface area contributed by atoms with Gasteiger partial charge in [0.1, 0.15) is 0 Å². The molecule has 0 saturated heterocycles. The van der Waals surface area contributed by atoms with Crippen molar-refractivity contribution in [2.45, 2.75) is 26.4 Å². The third-order valence-corrected chi connectivity index (χ3v) is 4.07. The van der Waals surface area contributed by atoms with Crippen LogP contribution in [0.25, 0.3) is 0 Å². The first-order valence-corrected chi connectivity index (χ1v) is 7.38. The fourth-order valence-corrected chi connectivity index (χ4v) is 2.62. The Labute approximate surface area is 135 Å². The highest BCUT2D eigenvalue weighted by molar-refractivity contribution is 6.43. The maximum Gasteiger partial charge on any atom is 0.262 e. The predicted octanol–water partition coefficient (Wildman–Crippen LogP) is 2.19. The topological polar surface area (TPSA) is 81.0 Å². The lowest BCUT2D eigenvalue weighted by molar-refractivity contribution is 0.0636. The van der Waals surface area contributed by atoms with E-state index in [2.05, 4.69) is 15.5 Å². The van der Waals surface area contributed by atoms with Gasteiger partial charge in [-0.15, -0.1) is 5.10 Å². The second kappa shape index (κ2) is 5.66. The van der Waals surface area contributed by atoms with Crippen LogP contribution in [-0.4, -0.2) is 36.9 Å². The number of amides is 2. The van der Waals surface area contributed by atoms with Crippen molar-refractivity contribution in [1.82, 2.24) is 25.1 Å². The summed E-state index contributed by atoms with van der Waals surface area (Å²) in [7, 11) is 0. The van der Waals surface area contributed by atoms with Crippen molar-refractivity contribution in [2.24, 2.45) is 0 Å².